The van der Waals surface area contributed by atoms with E-state index >= 15 is 0 Å². The molecule has 120 valence electrons. The van der Waals surface area contributed by atoms with Crippen LogP contribution in [0.4, 0.5) is 0 Å². The summed E-state index contributed by atoms with van der Waals surface area (Å²) in [4.78, 5) is 14.2. The third-order valence-electron chi connectivity index (χ3n) is 5.02. The average Bonchev–Trinajstić information content (AvgIpc) is 2.55. The van der Waals surface area contributed by atoms with Crippen molar-refractivity contribution in [1.29, 1.82) is 0 Å². The molecule has 2 saturated heterocycles. The lowest BCUT2D eigenvalue weighted by Crippen LogP contribution is -2.48. The number of rotatable bonds is 3. The van der Waals surface area contributed by atoms with Crippen LogP contribution in [0.25, 0.3) is 0 Å². The van der Waals surface area contributed by atoms with Crippen LogP contribution < -0.4 is 10.1 Å². The molecule has 2 heterocycles. The first-order valence-electron chi connectivity index (χ1n) is 8.04. The highest BCUT2D eigenvalue weighted by atomic mass is 35.5. The molecule has 0 aromatic heterocycles. The van der Waals surface area contributed by atoms with Gasteiger partial charge in [-0.05, 0) is 68.5 Å². The van der Waals surface area contributed by atoms with E-state index in [0.29, 0.717) is 16.2 Å². The molecule has 0 atom stereocenters. The molecule has 1 aromatic carbocycles. The van der Waals surface area contributed by atoms with Crippen molar-refractivity contribution in [2.75, 3.05) is 32.8 Å². The van der Waals surface area contributed by atoms with Gasteiger partial charge in [0.05, 0.1) is 0 Å². The van der Waals surface area contributed by atoms with E-state index in [1.807, 2.05) is 4.90 Å². The lowest BCUT2D eigenvalue weighted by molar-refractivity contribution is -0.136. The van der Waals surface area contributed by atoms with Gasteiger partial charge in [-0.2, -0.15) is 0 Å². The van der Waals surface area contributed by atoms with Gasteiger partial charge >= 0.3 is 0 Å². The van der Waals surface area contributed by atoms with Crippen molar-refractivity contribution < 1.29 is 9.53 Å². The second-order valence-electron chi connectivity index (χ2n) is 6.37. The van der Waals surface area contributed by atoms with Gasteiger partial charge in [0.15, 0.2) is 6.61 Å². The SMILES string of the molecule is O=C(COc1ccc(Cl)cc1)N1CCC2(CCNCC2)CC1. The summed E-state index contributed by atoms with van der Waals surface area (Å²) in [6, 6.07) is 7.11. The van der Waals surface area contributed by atoms with Crippen LogP contribution in [0, 0.1) is 5.41 Å². The zero-order valence-electron chi connectivity index (χ0n) is 12.8. The highest BCUT2D eigenvalue weighted by molar-refractivity contribution is 6.30. The molecule has 1 aromatic rings. The third-order valence-corrected chi connectivity index (χ3v) is 5.27. The van der Waals surface area contributed by atoms with Crippen molar-refractivity contribution >= 4 is 17.5 Å². The first-order valence-corrected chi connectivity index (χ1v) is 8.42. The van der Waals surface area contributed by atoms with Crippen molar-refractivity contribution in [2.45, 2.75) is 25.7 Å². The molecule has 2 aliphatic heterocycles. The fourth-order valence-corrected chi connectivity index (χ4v) is 3.58. The number of benzene rings is 1. The molecular formula is C17H23ClN2O2. The van der Waals surface area contributed by atoms with Crippen molar-refractivity contribution in [2.24, 2.45) is 5.41 Å². The lowest BCUT2D eigenvalue weighted by atomic mass is 9.71. The Hall–Kier alpha value is -1.26. The Labute approximate surface area is 136 Å². The van der Waals surface area contributed by atoms with E-state index in [-0.39, 0.29) is 12.5 Å². The molecule has 0 aliphatic carbocycles. The Morgan fingerprint density at radius 1 is 1.14 bits per heavy atom. The van der Waals surface area contributed by atoms with E-state index in [2.05, 4.69) is 5.32 Å². The van der Waals surface area contributed by atoms with Gasteiger partial charge in [0.25, 0.3) is 5.91 Å². The number of likely N-dealkylation sites (tertiary alicyclic amines) is 1. The molecule has 2 aliphatic rings. The Balaban J connectivity index is 1.46. The molecule has 22 heavy (non-hydrogen) atoms. The Bertz CT molecular complexity index is 502. The van der Waals surface area contributed by atoms with Crippen LogP contribution in [0.3, 0.4) is 0 Å². The fraction of sp³-hybridized carbons (Fsp3) is 0.588. The maximum atomic E-state index is 12.3. The first-order chi connectivity index (χ1) is 10.7. The highest BCUT2D eigenvalue weighted by Gasteiger charge is 2.36. The smallest absolute Gasteiger partial charge is 0.260 e. The highest BCUT2D eigenvalue weighted by Crippen LogP contribution is 2.39. The first kappa shape index (κ1) is 15.6. The number of hydrogen-bond acceptors (Lipinski definition) is 3. The second-order valence-corrected chi connectivity index (χ2v) is 6.81. The van der Waals surface area contributed by atoms with Crippen LogP contribution in [-0.2, 0) is 4.79 Å². The molecule has 0 saturated carbocycles. The molecule has 4 nitrogen and oxygen atoms in total. The predicted molar refractivity (Wildman–Crippen MR) is 87.3 cm³/mol. The van der Waals surface area contributed by atoms with Gasteiger partial charge in [0.2, 0.25) is 0 Å². The molecule has 1 N–H and O–H groups in total. The van der Waals surface area contributed by atoms with Crippen LogP contribution in [0.2, 0.25) is 5.02 Å². The van der Waals surface area contributed by atoms with E-state index in [0.717, 1.165) is 39.0 Å². The third kappa shape index (κ3) is 3.73. The topological polar surface area (TPSA) is 41.6 Å². The molecular weight excluding hydrogens is 300 g/mol. The van der Waals surface area contributed by atoms with Gasteiger partial charge in [-0.25, -0.2) is 0 Å². The molecule has 1 spiro atoms. The number of hydrogen-bond donors (Lipinski definition) is 1. The summed E-state index contributed by atoms with van der Waals surface area (Å²) in [7, 11) is 0. The number of ether oxygens (including phenoxy) is 1. The van der Waals surface area contributed by atoms with Gasteiger partial charge < -0.3 is 15.0 Å². The Morgan fingerprint density at radius 2 is 1.77 bits per heavy atom. The zero-order chi connectivity index (χ0) is 15.4. The molecule has 5 heteroatoms. The number of piperidine rings is 2. The monoisotopic (exact) mass is 322 g/mol. The second kappa shape index (κ2) is 6.88. The summed E-state index contributed by atoms with van der Waals surface area (Å²) < 4.78 is 5.55. The van der Waals surface area contributed by atoms with Crippen LogP contribution in [-0.4, -0.2) is 43.6 Å². The summed E-state index contributed by atoms with van der Waals surface area (Å²) in [5.41, 5.74) is 0.471. The summed E-state index contributed by atoms with van der Waals surface area (Å²) in [5.74, 6) is 0.767. The summed E-state index contributed by atoms with van der Waals surface area (Å²) in [6.07, 6.45) is 4.75. The number of nitrogens with one attached hydrogen (secondary N) is 1. The van der Waals surface area contributed by atoms with E-state index in [1.165, 1.54) is 12.8 Å². The Morgan fingerprint density at radius 3 is 2.41 bits per heavy atom. The maximum Gasteiger partial charge on any atom is 0.260 e. The van der Waals surface area contributed by atoms with E-state index in [9.17, 15) is 4.79 Å². The summed E-state index contributed by atoms with van der Waals surface area (Å²) in [6.45, 7) is 4.07. The molecule has 0 radical (unpaired) electrons. The molecule has 0 unspecified atom stereocenters. The number of carbonyl (C=O) groups is 1. The van der Waals surface area contributed by atoms with Gasteiger partial charge in [-0.1, -0.05) is 11.6 Å². The normalized spacial score (nSPS) is 20.9. The minimum atomic E-state index is 0.0822. The van der Waals surface area contributed by atoms with E-state index in [1.54, 1.807) is 24.3 Å². The van der Waals surface area contributed by atoms with Crippen molar-refractivity contribution in [1.82, 2.24) is 10.2 Å². The molecule has 2 fully saturated rings. The van der Waals surface area contributed by atoms with Crippen molar-refractivity contribution in [3.05, 3.63) is 29.3 Å². The van der Waals surface area contributed by atoms with Crippen LogP contribution in [0.5, 0.6) is 5.75 Å². The summed E-state index contributed by atoms with van der Waals surface area (Å²) in [5, 5.41) is 4.09. The van der Waals surface area contributed by atoms with Crippen molar-refractivity contribution in [3.8, 4) is 5.75 Å². The van der Waals surface area contributed by atoms with Gasteiger partial charge in [0.1, 0.15) is 5.75 Å². The molecule has 3 rings (SSSR count). The van der Waals surface area contributed by atoms with Crippen LogP contribution in [0.15, 0.2) is 24.3 Å². The van der Waals surface area contributed by atoms with Gasteiger partial charge in [-0.15, -0.1) is 0 Å². The Kier molecular flexibility index (Phi) is 4.89. The number of nitrogens with zero attached hydrogens (tertiary/aromatic N) is 1. The van der Waals surface area contributed by atoms with E-state index in [4.69, 9.17) is 16.3 Å². The van der Waals surface area contributed by atoms with E-state index < -0.39 is 0 Å². The maximum absolute atomic E-state index is 12.3. The average molecular weight is 323 g/mol. The molecule has 0 bridgehead atoms. The zero-order valence-corrected chi connectivity index (χ0v) is 13.6. The van der Waals surface area contributed by atoms with Crippen LogP contribution in [0.1, 0.15) is 25.7 Å². The largest absolute Gasteiger partial charge is 0.484 e. The summed E-state index contributed by atoms with van der Waals surface area (Å²) >= 11 is 5.83. The van der Waals surface area contributed by atoms with Crippen LogP contribution >= 0.6 is 11.6 Å². The van der Waals surface area contributed by atoms with Gasteiger partial charge in [0, 0.05) is 18.1 Å². The number of halogens is 1. The van der Waals surface area contributed by atoms with Crippen molar-refractivity contribution in [3.63, 3.8) is 0 Å². The van der Waals surface area contributed by atoms with Gasteiger partial charge in [-0.3, -0.25) is 4.79 Å². The standard InChI is InChI=1S/C17H23ClN2O2/c18-14-1-3-15(4-2-14)22-13-16(21)20-11-7-17(8-12-20)5-9-19-10-6-17/h1-4,19H,5-13H2. The minimum absolute atomic E-state index is 0.0822. The number of carbonyl (C=O) groups excluding carboxylic acids is 1. The quantitative estimate of drug-likeness (QED) is 0.930. The number of amides is 1. The predicted octanol–water partition coefficient (Wildman–Crippen LogP) is 2.71. The lowest BCUT2D eigenvalue weighted by Gasteiger charge is -2.44. The minimum Gasteiger partial charge on any atom is -0.484 e. The molecule has 1 amide bonds. The fourth-order valence-electron chi connectivity index (χ4n) is 3.45.